The highest BCUT2D eigenvalue weighted by molar-refractivity contribution is 9.10. The molecule has 1 amide bonds. The second-order valence-corrected chi connectivity index (χ2v) is 5.03. The first-order chi connectivity index (χ1) is 8.99. The van der Waals surface area contributed by atoms with Gasteiger partial charge in [0.05, 0.1) is 5.56 Å². The van der Waals surface area contributed by atoms with Crippen LogP contribution in [0, 0.1) is 0 Å². The molecule has 0 atom stereocenters. The summed E-state index contributed by atoms with van der Waals surface area (Å²) in [6.45, 7) is 0. The third kappa shape index (κ3) is 2.88. The number of hydrogen-bond acceptors (Lipinski definition) is 3. The Labute approximate surface area is 119 Å². The number of nitrogen functional groups attached to an aromatic ring is 1. The molecule has 98 valence electrons. The van der Waals surface area contributed by atoms with Crippen LogP contribution in [0.2, 0.25) is 0 Å². The molecule has 5 heteroatoms. The average Bonchev–Trinajstić information content (AvgIpc) is 2.41. The molecule has 3 N–H and O–H groups in total. The number of phenolic OH excluding ortho intramolecular Hbond substituents is 1. The fraction of sp³-hybridized carbons (Fsp3) is 0.0714. The number of nitrogens with two attached hydrogens (primary N) is 1. The summed E-state index contributed by atoms with van der Waals surface area (Å²) < 4.78 is 0.796. The lowest BCUT2D eigenvalue weighted by Crippen LogP contribution is -2.26. The van der Waals surface area contributed by atoms with E-state index in [-0.39, 0.29) is 11.7 Å². The summed E-state index contributed by atoms with van der Waals surface area (Å²) in [6.07, 6.45) is 0. The minimum absolute atomic E-state index is 0.159. The van der Waals surface area contributed by atoms with Gasteiger partial charge in [-0.05, 0) is 42.5 Å². The molecule has 0 saturated heterocycles. The maximum atomic E-state index is 12.4. The molecule has 0 radical (unpaired) electrons. The SMILES string of the molecule is CN(C(=O)c1cc(Br)ccc1N)c1ccc(O)cc1. The second-order valence-electron chi connectivity index (χ2n) is 4.11. The summed E-state index contributed by atoms with van der Waals surface area (Å²) in [5.41, 5.74) is 7.37. The molecular weight excluding hydrogens is 308 g/mol. The Hall–Kier alpha value is -2.01. The van der Waals surface area contributed by atoms with Crippen LogP contribution in [-0.4, -0.2) is 18.1 Å². The van der Waals surface area contributed by atoms with Crippen LogP contribution in [0.25, 0.3) is 0 Å². The first-order valence-electron chi connectivity index (χ1n) is 5.61. The van der Waals surface area contributed by atoms with Gasteiger partial charge >= 0.3 is 0 Å². The Morgan fingerprint density at radius 1 is 1.21 bits per heavy atom. The molecule has 0 aliphatic heterocycles. The minimum atomic E-state index is -0.204. The van der Waals surface area contributed by atoms with Crippen molar-refractivity contribution in [3.8, 4) is 5.75 Å². The van der Waals surface area contributed by atoms with E-state index < -0.39 is 0 Å². The highest BCUT2D eigenvalue weighted by Gasteiger charge is 2.16. The molecule has 0 unspecified atom stereocenters. The molecule has 2 rings (SSSR count). The fourth-order valence-corrected chi connectivity index (χ4v) is 2.05. The Morgan fingerprint density at radius 3 is 2.47 bits per heavy atom. The number of hydrogen-bond donors (Lipinski definition) is 2. The van der Waals surface area contributed by atoms with Gasteiger partial charge in [-0.25, -0.2) is 0 Å². The number of carbonyl (C=O) groups excluding carboxylic acids is 1. The fourth-order valence-electron chi connectivity index (χ4n) is 1.69. The quantitative estimate of drug-likeness (QED) is 0.836. The van der Waals surface area contributed by atoms with Crippen LogP contribution in [0.3, 0.4) is 0 Å². The van der Waals surface area contributed by atoms with Crippen molar-refractivity contribution >= 4 is 33.2 Å². The van der Waals surface area contributed by atoms with E-state index in [4.69, 9.17) is 5.73 Å². The van der Waals surface area contributed by atoms with Crippen molar-refractivity contribution in [1.29, 1.82) is 0 Å². The molecule has 0 saturated carbocycles. The molecular formula is C14H13BrN2O2. The van der Waals surface area contributed by atoms with Crippen LogP contribution in [0.4, 0.5) is 11.4 Å². The van der Waals surface area contributed by atoms with Crippen LogP contribution in [0.15, 0.2) is 46.9 Å². The third-order valence-corrected chi connectivity index (χ3v) is 3.28. The number of carbonyl (C=O) groups is 1. The zero-order chi connectivity index (χ0) is 14.0. The molecule has 2 aromatic rings. The summed E-state index contributed by atoms with van der Waals surface area (Å²) in [6, 6.07) is 11.6. The van der Waals surface area contributed by atoms with Crippen LogP contribution < -0.4 is 10.6 Å². The van der Waals surface area contributed by atoms with Crippen LogP contribution in [0.1, 0.15) is 10.4 Å². The minimum Gasteiger partial charge on any atom is -0.508 e. The van der Waals surface area contributed by atoms with Gasteiger partial charge in [-0.15, -0.1) is 0 Å². The maximum Gasteiger partial charge on any atom is 0.260 e. The lowest BCUT2D eigenvalue weighted by atomic mass is 10.1. The molecule has 0 bridgehead atoms. The highest BCUT2D eigenvalue weighted by atomic mass is 79.9. The van der Waals surface area contributed by atoms with Gasteiger partial charge in [0.2, 0.25) is 0 Å². The highest BCUT2D eigenvalue weighted by Crippen LogP contribution is 2.23. The summed E-state index contributed by atoms with van der Waals surface area (Å²) in [5.74, 6) is -0.0453. The van der Waals surface area contributed by atoms with Crippen molar-refractivity contribution in [3.63, 3.8) is 0 Å². The van der Waals surface area contributed by atoms with Crippen LogP contribution in [-0.2, 0) is 0 Å². The summed E-state index contributed by atoms with van der Waals surface area (Å²) in [7, 11) is 1.66. The number of rotatable bonds is 2. The van der Waals surface area contributed by atoms with Crippen molar-refractivity contribution < 1.29 is 9.90 Å². The van der Waals surface area contributed by atoms with E-state index in [1.807, 2.05) is 0 Å². The van der Waals surface area contributed by atoms with E-state index in [1.165, 1.54) is 17.0 Å². The molecule has 4 nitrogen and oxygen atoms in total. The summed E-state index contributed by atoms with van der Waals surface area (Å²) in [4.78, 5) is 13.8. The van der Waals surface area contributed by atoms with Crippen molar-refractivity contribution in [2.75, 3.05) is 17.7 Å². The number of aromatic hydroxyl groups is 1. The van der Waals surface area contributed by atoms with E-state index in [0.717, 1.165) is 4.47 Å². The molecule has 0 aliphatic rings. The van der Waals surface area contributed by atoms with Gasteiger partial charge in [0, 0.05) is 22.9 Å². The van der Waals surface area contributed by atoms with Crippen molar-refractivity contribution in [1.82, 2.24) is 0 Å². The standard InChI is InChI=1S/C14H13BrN2O2/c1-17(10-3-5-11(18)6-4-10)14(19)12-8-9(15)2-7-13(12)16/h2-8,18H,16H2,1H3. The Morgan fingerprint density at radius 2 is 1.84 bits per heavy atom. The zero-order valence-electron chi connectivity index (χ0n) is 10.3. The van der Waals surface area contributed by atoms with Gasteiger partial charge in [0.25, 0.3) is 5.91 Å². The number of amides is 1. The lowest BCUT2D eigenvalue weighted by molar-refractivity contribution is 0.0994. The smallest absolute Gasteiger partial charge is 0.260 e. The first-order valence-corrected chi connectivity index (χ1v) is 6.40. The number of benzene rings is 2. The Kier molecular flexibility index (Phi) is 3.76. The first kappa shape index (κ1) is 13.4. The molecule has 0 heterocycles. The van der Waals surface area contributed by atoms with E-state index in [9.17, 15) is 9.90 Å². The monoisotopic (exact) mass is 320 g/mol. The number of nitrogens with zero attached hydrogens (tertiary/aromatic N) is 1. The topological polar surface area (TPSA) is 66.6 Å². The Bertz CT molecular complexity index is 611. The summed E-state index contributed by atoms with van der Waals surface area (Å²) >= 11 is 3.32. The largest absolute Gasteiger partial charge is 0.508 e. The van der Waals surface area contributed by atoms with Gasteiger partial charge in [0.15, 0.2) is 0 Å². The lowest BCUT2D eigenvalue weighted by Gasteiger charge is -2.18. The molecule has 0 spiro atoms. The molecule has 2 aromatic carbocycles. The van der Waals surface area contributed by atoms with E-state index in [0.29, 0.717) is 16.9 Å². The van der Waals surface area contributed by atoms with Crippen LogP contribution >= 0.6 is 15.9 Å². The van der Waals surface area contributed by atoms with E-state index in [2.05, 4.69) is 15.9 Å². The van der Waals surface area contributed by atoms with Crippen molar-refractivity contribution in [3.05, 3.63) is 52.5 Å². The molecule has 0 aliphatic carbocycles. The number of anilines is 2. The molecule has 0 fully saturated rings. The van der Waals surface area contributed by atoms with Gasteiger partial charge in [-0.2, -0.15) is 0 Å². The van der Waals surface area contributed by atoms with E-state index in [1.54, 1.807) is 37.4 Å². The molecule has 19 heavy (non-hydrogen) atoms. The van der Waals surface area contributed by atoms with Crippen molar-refractivity contribution in [2.45, 2.75) is 0 Å². The number of phenols is 1. The van der Waals surface area contributed by atoms with Crippen LogP contribution in [0.5, 0.6) is 5.75 Å². The second kappa shape index (κ2) is 5.32. The van der Waals surface area contributed by atoms with Gasteiger partial charge in [-0.1, -0.05) is 15.9 Å². The van der Waals surface area contributed by atoms with Gasteiger partial charge in [0.1, 0.15) is 5.75 Å². The predicted octanol–water partition coefficient (Wildman–Crippen LogP) is 3.01. The van der Waals surface area contributed by atoms with Gasteiger partial charge in [-0.3, -0.25) is 4.79 Å². The number of halogens is 1. The zero-order valence-corrected chi connectivity index (χ0v) is 11.9. The predicted molar refractivity (Wildman–Crippen MR) is 79.4 cm³/mol. The Balaban J connectivity index is 2.33. The van der Waals surface area contributed by atoms with Gasteiger partial charge < -0.3 is 15.7 Å². The average molecular weight is 321 g/mol. The van der Waals surface area contributed by atoms with E-state index >= 15 is 0 Å². The summed E-state index contributed by atoms with van der Waals surface area (Å²) in [5, 5.41) is 9.24. The molecule has 0 aromatic heterocycles. The third-order valence-electron chi connectivity index (χ3n) is 2.79. The van der Waals surface area contributed by atoms with Crippen molar-refractivity contribution in [2.24, 2.45) is 0 Å². The maximum absolute atomic E-state index is 12.4. The normalized spacial score (nSPS) is 10.2.